The molecule has 0 bridgehead atoms. The normalized spacial score (nSPS) is 12.1. The van der Waals surface area contributed by atoms with Gasteiger partial charge in [-0.25, -0.2) is 9.78 Å². The second-order valence-corrected chi connectivity index (χ2v) is 4.58. The first kappa shape index (κ1) is 13.6. The van der Waals surface area contributed by atoms with Gasteiger partial charge in [-0.3, -0.25) is 0 Å². The molecule has 94 valence electrons. The largest absolute Gasteiger partial charge is 0.478 e. The number of nitrogens with two attached hydrogens (primary N) is 1. The maximum absolute atomic E-state index is 10.9. The summed E-state index contributed by atoms with van der Waals surface area (Å²) in [5, 5.41) is 12.1. The molecule has 0 aliphatic heterocycles. The summed E-state index contributed by atoms with van der Waals surface area (Å²) in [5.74, 6) is 0.466. The third-order valence-corrected chi connectivity index (χ3v) is 3.11. The number of carboxylic acids is 1. The highest BCUT2D eigenvalue weighted by Gasteiger charge is 2.11. The van der Waals surface area contributed by atoms with E-state index in [1.165, 1.54) is 12.3 Å². The van der Waals surface area contributed by atoms with Crippen LogP contribution in [0.5, 0.6) is 0 Å². The number of aromatic carboxylic acids is 1. The van der Waals surface area contributed by atoms with Crippen molar-refractivity contribution >= 4 is 29.2 Å². The van der Waals surface area contributed by atoms with Gasteiger partial charge in [0.2, 0.25) is 0 Å². The molecule has 1 aromatic heterocycles. The molecule has 1 unspecified atom stereocenters. The highest BCUT2D eigenvalue weighted by Crippen LogP contribution is 2.16. The first-order chi connectivity index (χ1) is 8.08. The van der Waals surface area contributed by atoms with E-state index >= 15 is 0 Å². The fourth-order valence-electron chi connectivity index (χ4n) is 1.40. The molecule has 6 heteroatoms. The van der Waals surface area contributed by atoms with Crippen molar-refractivity contribution in [1.82, 2.24) is 4.98 Å². The summed E-state index contributed by atoms with van der Waals surface area (Å²) >= 11 is 1.74. The Morgan fingerprint density at radius 2 is 2.41 bits per heavy atom. The number of nitrogens with zero attached hydrogens (tertiary/aromatic N) is 1. The standard InChI is InChI=1S/C11H17N3O2S/c1-3-7(6-17-2)14-10-4-8(11(15)16)9(12)5-13-10/h4-5,7H,3,6,12H2,1-2H3,(H,13,14)(H,15,16). The van der Waals surface area contributed by atoms with Gasteiger partial charge in [-0.15, -0.1) is 0 Å². The quantitative estimate of drug-likeness (QED) is 0.719. The van der Waals surface area contributed by atoms with E-state index in [1.807, 2.05) is 6.26 Å². The smallest absolute Gasteiger partial charge is 0.337 e. The molecule has 5 nitrogen and oxygen atoms in total. The van der Waals surface area contributed by atoms with Crippen molar-refractivity contribution in [3.05, 3.63) is 17.8 Å². The Labute approximate surface area is 105 Å². The van der Waals surface area contributed by atoms with E-state index in [0.717, 1.165) is 12.2 Å². The van der Waals surface area contributed by atoms with Gasteiger partial charge in [0.25, 0.3) is 0 Å². The number of rotatable bonds is 6. The molecule has 4 N–H and O–H groups in total. The summed E-state index contributed by atoms with van der Waals surface area (Å²) < 4.78 is 0. The summed E-state index contributed by atoms with van der Waals surface area (Å²) in [6, 6.07) is 1.75. The third kappa shape index (κ3) is 3.81. The van der Waals surface area contributed by atoms with Gasteiger partial charge in [-0.05, 0) is 18.7 Å². The first-order valence-corrected chi connectivity index (χ1v) is 6.72. The lowest BCUT2D eigenvalue weighted by molar-refractivity contribution is 0.0698. The Balaban J connectivity index is 2.84. The Hall–Kier alpha value is -1.43. The van der Waals surface area contributed by atoms with Crippen molar-refractivity contribution in [1.29, 1.82) is 0 Å². The van der Waals surface area contributed by atoms with Gasteiger partial charge >= 0.3 is 5.97 Å². The number of anilines is 2. The fourth-order valence-corrected chi connectivity index (χ4v) is 2.12. The van der Waals surface area contributed by atoms with E-state index in [2.05, 4.69) is 17.2 Å². The van der Waals surface area contributed by atoms with Crippen molar-refractivity contribution in [2.24, 2.45) is 0 Å². The molecule has 1 heterocycles. The summed E-state index contributed by atoms with van der Waals surface area (Å²) in [5.41, 5.74) is 5.80. The molecule has 0 fully saturated rings. The topological polar surface area (TPSA) is 88.2 Å². The zero-order valence-electron chi connectivity index (χ0n) is 9.93. The molecule has 1 aromatic rings. The van der Waals surface area contributed by atoms with Crippen molar-refractivity contribution in [2.75, 3.05) is 23.1 Å². The van der Waals surface area contributed by atoms with Gasteiger partial charge in [0.1, 0.15) is 5.82 Å². The number of hydrogen-bond donors (Lipinski definition) is 3. The number of thioether (sulfide) groups is 1. The molecule has 0 amide bonds. The van der Waals surface area contributed by atoms with Crippen molar-refractivity contribution in [2.45, 2.75) is 19.4 Å². The summed E-state index contributed by atoms with van der Waals surface area (Å²) in [6.45, 7) is 2.07. The average molecular weight is 255 g/mol. The molecule has 0 saturated heterocycles. The van der Waals surface area contributed by atoms with Crippen LogP contribution in [0.2, 0.25) is 0 Å². The second kappa shape index (κ2) is 6.34. The van der Waals surface area contributed by atoms with Crippen LogP contribution < -0.4 is 11.1 Å². The zero-order chi connectivity index (χ0) is 12.8. The van der Waals surface area contributed by atoms with Crippen LogP contribution in [0, 0.1) is 0 Å². The average Bonchev–Trinajstić information content (AvgIpc) is 2.30. The molecule has 0 spiro atoms. The molecule has 0 aliphatic carbocycles. The van der Waals surface area contributed by atoms with Crippen LogP contribution in [-0.4, -0.2) is 34.1 Å². The Kier molecular flexibility index (Phi) is 5.09. The van der Waals surface area contributed by atoms with Crippen LogP contribution in [0.15, 0.2) is 12.3 Å². The molecule has 0 radical (unpaired) electrons. The van der Waals surface area contributed by atoms with Gasteiger partial charge in [0.15, 0.2) is 0 Å². The lowest BCUT2D eigenvalue weighted by Gasteiger charge is -2.16. The number of pyridine rings is 1. The molecule has 0 aliphatic rings. The minimum atomic E-state index is -1.04. The van der Waals surface area contributed by atoms with E-state index in [1.54, 1.807) is 11.8 Å². The maximum Gasteiger partial charge on any atom is 0.337 e. The Morgan fingerprint density at radius 1 is 1.71 bits per heavy atom. The molecular formula is C11H17N3O2S. The van der Waals surface area contributed by atoms with E-state index in [0.29, 0.717) is 5.82 Å². The number of hydrogen-bond acceptors (Lipinski definition) is 5. The van der Waals surface area contributed by atoms with E-state index in [-0.39, 0.29) is 17.3 Å². The van der Waals surface area contributed by atoms with Crippen LogP contribution in [0.3, 0.4) is 0 Å². The fraction of sp³-hybridized carbons (Fsp3) is 0.455. The number of nitrogen functional groups attached to an aromatic ring is 1. The summed E-state index contributed by atoms with van der Waals surface area (Å²) in [6.07, 6.45) is 4.36. The van der Waals surface area contributed by atoms with Crippen molar-refractivity contribution in [3.63, 3.8) is 0 Å². The van der Waals surface area contributed by atoms with Crippen LogP contribution >= 0.6 is 11.8 Å². The first-order valence-electron chi connectivity index (χ1n) is 5.32. The highest BCUT2D eigenvalue weighted by molar-refractivity contribution is 7.98. The van der Waals surface area contributed by atoms with Crippen molar-refractivity contribution < 1.29 is 9.90 Å². The molecule has 1 rings (SSSR count). The summed E-state index contributed by atoms with van der Waals surface area (Å²) in [4.78, 5) is 15.0. The van der Waals surface area contributed by atoms with Crippen LogP contribution in [0.1, 0.15) is 23.7 Å². The minimum absolute atomic E-state index is 0.0847. The van der Waals surface area contributed by atoms with Crippen LogP contribution in [-0.2, 0) is 0 Å². The lowest BCUT2D eigenvalue weighted by Crippen LogP contribution is -2.22. The minimum Gasteiger partial charge on any atom is -0.478 e. The van der Waals surface area contributed by atoms with Gasteiger partial charge in [-0.2, -0.15) is 11.8 Å². The lowest BCUT2D eigenvalue weighted by atomic mass is 10.2. The van der Waals surface area contributed by atoms with Crippen molar-refractivity contribution in [3.8, 4) is 0 Å². The van der Waals surface area contributed by atoms with E-state index < -0.39 is 5.97 Å². The van der Waals surface area contributed by atoms with Gasteiger partial charge in [0, 0.05) is 11.8 Å². The Morgan fingerprint density at radius 3 is 2.94 bits per heavy atom. The molecular weight excluding hydrogens is 238 g/mol. The number of carbonyl (C=O) groups is 1. The molecule has 1 atom stereocenters. The van der Waals surface area contributed by atoms with Gasteiger partial charge in [0.05, 0.1) is 17.4 Å². The summed E-state index contributed by atoms with van der Waals surface area (Å²) in [7, 11) is 0. The predicted octanol–water partition coefficient (Wildman–Crippen LogP) is 1.92. The SMILES string of the molecule is CCC(CSC)Nc1cc(C(=O)O)c(N)cn1. The zero-order valence-corrected chi connectivity index (χ0v) is 10.8. The predicted molar refractivity (Wildman–Crippen MR) is 71.7 cm³/mol. The third-order valence-electron chi connectivity index (χ3n) is 2.38. The molecule has 0 aromatic carbocycles. The maximum atomic E-state index is 10.9. The number of aromatic nitrogens is 1. The van der Waals surface area contributed by atoms with E-state index in [4.69, 9.17) is 10.8 Å². The van der Waals surface area contributed by atoms with Crippen LogP contribution in [0.25, 0.3) is 0 Å². The van der Waals surface area contributed by atoms with Gasteiger partial charge in [-0.1, -0.05) is 6.92 Å². The number of carboxylic acid groups (broad SMARTS) is 1. The number of nitrogens with one attached hydrogen (secondary N) is 1. The Bertz CT molecular complexity index is 398. The molecule has 0 saturated carbocycles. The second-order valence-electron chi connectivity index (χ2n) is 3.67. The van der Waals surface area contributed by atoms with Gasteiger partial charge < -0.3 is 16.2 Å². The molecule has 17 heavy (non-hydrogen) atoms. The monoisotopic (exact) mass is 255 g/mol. The highest BCUT2D eigenvalue weighted by atomic mass is 32.2. The van der Waals surface area contributed by atoms with Crippen LogP contribution in [0.4, 0.5) is 11.5 Å². The van der Waals surface area contributed by atoms with E-state index in [9.17, 15) is 4.79 Å².